The predicted molar refractivity (Wildman–Crippen MR) is 44.9 cm³/mol. The topological polar surface area (TPSA) is 45.8 Å². The molecule has 0 saturated heterocycles. The Hall–Kier alpha value is -1.38. The maximum Gasteiger partial charge on any atom is 0.191 e. The summed E-state index contributed by atoms with van der Waals surface area (Å²) in [6.07, 6.45) is 8.31. The van der Waals surface area contributed by atoms with Crippen LogP contribution in [0.1, 0.15) is 29.6 Å². The van der Waals surface area contributed by atoms with Crippen molar-refractivity contribution in [1.82, 2.24) is 10.2 Å². The Labute approximate surface area is 70.5 Å². The van der Waals surface area contributed by atoms with Crippen molar-refractivity contribution in [2.75, 3.05) is 0 Å². The number of aromatic nitrogens is 2. The van der Waals surface area contributed by atoms with Gasteiger partial charge in [0.2, 0.25) is 0 Å². The SMILES string of the molecule is O=C(C1=CCCC1)c1cn[nH]c1. The van der Waals surface area contributed by atoms with Gasteiger partial charge < -0.3 is 0 Å². The first-order chi connectivity index (χ1) is 5.88. The normalized spacial score (nSPS) is 16.2. The molecule has 0 atom stereocenters. The van der Waals surface area contributed by atoms with Gasteiger partial charge in [-0.2, -0.15) is 5.10 Å². The lowest BCUT2D eigenvalue weighted by Gasteiger charge is -1.95. The molecule has 0 spiro atoms. The van der Waals surface area contributed by atoms with E-state index in [-0.39, 0.29) is 5.78 Å². The number of hydrogen-bond acceptors (Lipinski definition) is 2. The molecule has 1 aliphatic rings. The Morgan fingerprint density at radius 2 is 2.50 bits per heavy atom. The van der Waals surface area contributed by atoms with Crippen LogP contribution in [0.4, 0.5) is 0 Å². The van der Waals surface area contributed by atoms with Crippen LogP contribution in [0.15, 0.2) is 24.0 Å². The lowest BCUT2D eigenvalue weighted by molar-refractivity contribution is 0.103. The summed E-state index contributed by atoms with van der Waals surface area (Å²) in [7, 11) is 0. The molecule has 1 aromatic rings. The van der Waals surface area contributed by atoms with Crippen LogP contribution in [0, 0.1) is 0 Å². The molecular weight excluding hydrogens is 152 g/mol. The van der Waals surface area contributed by atoms with Crippen LogP contribution < -0.4 is 0 Å². The van der Waals surface area contributed by atoms with Crippen LogP contribution in [-0.2, 0) is 0 Å². The third-order valence-electron chi connectivity index (χ3n) is 2.09. The van der Waals surface area contributed by atoms with Crippen molar-refractivity contribution in [2.24, 2.45) is 0 Å². The molecule has 0 aliphatic heterocycles. The summed E-state index contributed by atoms with van der Waals surface area (Å²) in [5.74, 6) is 0.126. The fourth-order valence-electron chi connectivity index (χ4n) is 1.44. The Kier molecular flexibility index (Phi) is 1.78. The predicted octanol–water partition coefficient (Wildman–Crippen LogP) is 1.70. The van der Waals surface area contributed by atoms with Gasteiger partial charge in [0.15, 0.2) is 5.78 Å². The van der Waals surface area contributed by atoms with E-state index >= 15 is 0 Å². The molecule has 3 heteroatoms. The average Bonchev–Trinajstić information content (AvgIpc) is 2.77. The fourth-order valence-corrected chi connectivity index (χ4v) is 1.44. The number of nitrogens with zero attached hydrogens (tertiary/aromatic N) is 1. The van der Waals surface area contributed by atoms with Crippen LogP contribution in [0.25, 0.3) is 0 Å². The van der Waals surface area contributed by atoms with Gasteiger partial charge >= 0.3 is 0 Å². The van der Waals surface area contributed by atoms with Crippen molar-refractivity contribution in [3.05, 3.63) is 29.6 Å². The van der Waals surface area contributed by atoms with E-state index in [9.17, 15) is 4.79 Å². The standard InChI is InChI=1S/C9H10N2O/c12-9(7-3-1-2-4-7)8-5-10-11-6-8/h3,5-6H,1-2,4H2,(H,10,11). The number of carbonyl (C=O) groups excluding carboxylic acids is 1. The number of Topliss-reactive ketones (excluding diaryl/α,β-unsaturated/α-hetero) is 1. The number of rotatable bonds is 2. The molecule has 1 aliphatic carbocycles. The van der Waals surface area contributed by atoms with Crippen LogP contribution in [0.3, 0.4) is 0 Å². The summed E-state index contributed by atoms with van der Waals surface area (Å²) in [5.41, 5.74) is 1.61. The van der Waals surface area contributed by atoms with Crippen LogP contribution in [0.5, 0.6) is 0 Å². The van der Waals surface area contributed by atoms with Gasteiger partial charge in [-0.1, -0.05) is 6.08 Å². The van der Waals surface area contributed by atoms with E-state index in [1.54, 1.807) is 12.4 Å². The Morgan fingerprint density at radius 3 is 3.08 bits per heavy atom. The van der Waals surface area contributed by atoms with Crippen LogP contribution in [0.2, 0.25) is 0 Å². The number of allylic oxidation sites excluding steroid dienone is 2. The van der Waals surface area contributed by atoms with Gasteiger partial charge in [-0.3, -0.25) is 9.89 Å². The fraction of sp³-hybridized carbons (Fsp3) is 0.333. The summed E-state index contributed by atoms with van der Waals surface area (Å²) in [6, 6.07) is 0. The second kappa shape index (κ2) is 2.93. The number of H-pyrrole nitrogens is 1. The number of ketones is 1. The highest BCUT2D eigenvalue weighted by Crippen LogP contribution is 2.20. The van der Waals surface area contributed by atoms with Crippen molar-refractivity contribution in [3.8, 4) is 0 Å². The molecule has 1 heterocycles. The maximum absolute atomic E-state index is 11.6. The van der Waals surface area contributed by atoms with Gasteiger partial charge in [0.05, 0.1) is 11.8 Å². The molecule has 0 saturated carbocycles. The van der Waals surface area contributed by atoms with E-state index in [1.165, 1.54) is 0 Å². The Bertz CT molecular complexity index is 311. The third-order valence-corrected chi connectivity index (χ3v) is 2.09. The molecule has 0 aromatic carbocycles. The van der Waals surface area contributed by atoms with E-state index in [1.807, 2.05) is 6.08 Å². The van der Waals surface area contributed by atoms with Crippen molar-refractivity contribution in [2.45, 2.75) is 19.3 Å². The first-order valence-electron chi connectivity index (χ1n) is 4.10. The smallest absolute Gasteiger partial charge is 0.191 e. The third kappa shape index (κ3) is 1.18. The first-order valence-corrected chi connectivity index (χ1v) is 4.10. The summed E-state index contributed by atoms with van der Waals surface area (Å²) in [5, 5.41) is 6.38. The molecule has 1 N–H and O–H groups in total. The Balaban J connectivity index is 2.20. The van der Waals surface area contributed by atoms with Crippen molar-refractivity contribution >= 4 is 5.78 Å². The Morgan fingerprint density at radius 1 is 1.58 bits per heavy atom. The molecule has 1 aromatic heterocycles. The summed E-state index contributed by atoms with van der Waals surface area (Å²) in [6.45, 7) is 0. The van der Waals surface area contributed by atoms with E-state index in [0.717, 1.165) is 24.8 Å². The van der Waals surface area contributed by atoms with Gasteiger partial charge in [-0.25, -0.2) is 0 Å². The maximum atomic E-state index is 11.6. The molecule has 0 radical (unpaired) electrons. The highest BCUT2D eigenvalue weighted by molar-refractivity contribution is 6.08. The summed E-state index contributed by atoms with van der Waals surface area (Å²) < 4.78 is 0. The number of nitrogens with one attached hydrogen (secondary N) is 1. The lowest BCUT2D eigenvalue weighted by Crippen LogP contribution is -1.99. The van der Waals surface area contributed by atoms with Gasteiger partial charge in [0.1, 0.15) is 0 Å². The molecular formula is C9H10N2O. The zero-order chi connectivity index (χ0) is 8.39. The largest absolute Gasteiger partial charge is 0.289 e. The van der Waals surface area contributed by atoms with Crippen molar-refractivity contribution in [1.29, 1.82) is 0 Å². The molecule has 0 fully saturated rings. The highest BCUT2D eigenvalue weighted by atomic mass is 16.1. The molecule has 0 unspecified atom stereocenters. The van der Waals surface area contributed by atoms with Gasteiger partial charge in [-0.15, -0.1) is 0 Å². The van der Waals surface area contributed by atoms with E-state index < -0.39 is 0 Å². The monoisotopic (exact) mass is 162 g/mol. The van der Waals surface area contributed by atoms with Gasteiger partial charge in [-0.05, 0) is 24.8 Å². The van der Waals surface area contributed by atoms with E-state index in [4.69, 9.17) is 0 Å². The average molecular weight is 162 g/mol. The number of aromatic amines is 1. The van der Waals surface area contributed by atoms with Crippen LogP contribution >= 0.6 is 0 Å². The second-order valence-electron chi connectivity index (χ2n) is 2.94. The van der Waals surface area contributed by atoms with E-state index in [2.05, 4.69) is 10.2 Å². The van der Waals surface area contributed by atoms with Crippen molar-refractivity contribution in [3.63, 3.8) is 0 Å². The van der Waals surface area contributed by atoms with Crippen molar-refractivity contribution < 1.29 is 4.79 Å². The van der Waals surface area contributed by atoms with Gasteiger partial charge in [0.25, 0.3) is 0 Å². The minimum Gasteiger partial charge on any atom is -0.289 e. The minimum atomic E-state index is 0.126. The number of hydrogen-bond donors (Lipinski definition) is 1. The lowest BCUT2D eigenvalue weighted by atomic mass is 10.1. The molecule has 12 heavy (non-hydrogen) atoms. The summed E-state index contributed by atoms with van der Waals surface area (Å²) in [4.78, 5) is 11.6. The van der Waals surface area contributed by atoms with E-state index in [0.29, 0.717) is 5.56 Å². The molecule has 0 amide bonds. The van der Waals surface area contributed by atoms with Crippen LogP contribution in [-0.4, -0.2) is 16.0 Å². The quantitative estimate of drug-likeness (QED) is 0.673. The zero-order valence-electron chi connectivity index (χ0n) is 6.71. The van der Waals surface area contributed by atoms with Gasteiger partial charge in [0, 0.05) is 6.20 Å². The zero-order valence-corrected chi connectivity index (χ0v) is 6.71. The molecule has 0 bridgehead atoms. The molecule has 2 rings (SSSR count). The molecule has 3 nitrogen and oxygen atoms in total. The second-order valence-corrected chi connectivity index (χ2v) is 2.94. The number of carbonyl (C=O) groups is 1. The summed E-state index contributed by atoms with van der Waals surface area (Å²) >= 11 is 0. The minimum absolute atomic E-state index is 0.126. The highest BCUT2D eigenvalue weighted by Gasteiger charge is 2.15. The first kappa shape index (κ1) is 7.28. The molecule has 62 valence electrons.